The second-order valence-electron chi connectivity index (χ2n) is 8.84. The van der Waals surface area contributed by atoms with Crippen molar-refractivity contribution in [2.24, 2.45) is 5.92 Å². The minimum Gasteiger partial charge on any atom is -0.350 e. The Labute approximate surface area is 211 Å². The van der Waals surface area contributed by atoms with Crippen LogP contribution in [0.4, 0.5) is 0 Å². The van der Waals surface area contributed by atoms with Crippen LogP contribution in [0.25, 0.3) is 0 Å². The minimum absolute atomic E-state index is 0.132. The molecule has 188 valence electrons. The number of rotatable bonds is 12. The van der Waals surface area contributed by atoms with Crippen LogP contribution in [0, 0.1) is 5.92 Å². The van der Waals surface area contributed by atoms with Crippen LogP contribution in [-0.4, -0.2) is 46.3 Å². The molecule has 0 aliphatic heterocycles. The van der Waals surface area contributed by atoms with Gasteiger partial charge in [-0.15, -0.1) is 0 Å². The maximum Gasteiger partial charge on any atom is 0.272 e. The first-order valence-corrected chi connectivity index (χ1v) is 11.9. The standard InChI is InChI=1S/C27H32N6O3/c1-19(2)15-22(17-30-33-25(34)21-11-7-4-8-12-21)31-26(35)23(16-20-9-5-3-6-10-20)32-27(36)24-18-28-13-14-29-24/h3-14,18-19,22-23,30H,15-17H2,1-2H3,(H,31,35)(H,32,36)(H,33,34)/t22-,23-/m0/s1. The summed E-state index contributed by atoms with van der Waals surface area (Å²) in [6.45, 7) is 4.43. The fraction of sp³-hybridized carbons (Fsp3) is 0.296. The highest BCUT2D eigenvalue weighted by Gasteiger charge is 2.25. The average molecular weight is 489 g/mol. The van der Waals surface area contributed by atoms with Crippen LogP contribution in [0.3, 0.4) is 0 Å². The second kappa shape index (κ2) is 13.7. The van der Waals surface area contributed by atoms with Gasteiger partial charge in [0.25, 0.3) is 11.8 Å². The Morgan fingerprint density at radius 2 is 1.56 bits per heavy atom. The van der Waals surface area contributed by atoms with Gasteiger partial charge in [0.15, 0.2) is 0 Å². The summed E-state index contributed by atoms with van der Waals surface area (Å²) in [5.41, 5.74) is 7.17. The zero-order valence-electron chi connectivity index (χ0n) is 20.5. The molecule has 1 aromatic heterocycles. The van der Waals surface area contributed by atoms with E-state index in [1.807, 2.05) is 36.4 Å². The summed E-state index contributed by atoms with van der Waals surface area (Å²) < 4.78 is 0. The zero-order valence-corrected chi connectivity index (χ0v) is 20.5. The molecule has 9 heteroatoms. The lowest BCUT2D eigenvalue weighted by molar-refractivity contribution is -0.123. The van der Waals surface area contributed by atoms with Gasteiger partial charge in [0.05, 0.1) is 6.20 Å². The SMILES string of the molecule is CC(C)C[C@@H](CNNC(=O)c1ccccc1)NC(=O)[C@H](Cc1ccccc1)NC(=O)c1cnccn1. The molecule has 0 bridgehead atoms. The van der Waals surface area contributed by atoms with Crippen LogP contribution in [-0.2, 0) is 11.2 Å². The summed E-state index contributed by atoms with van der Waals surface area (Å²) in [5.74, 6) is -0.766. The maximum absolute atomic E-state index is 13.3. The van der Waals surface area contributed by atoms with E-state index in [1.165, 1.54) is 18.6 Å². The quantitative estimate of drug-likeness (QED) is 0.290. The largest absolute Gasteiger partial charge is 0.350 e. The molecule has 3 rings (SSSR count). The van der Waals surface area contributed by atoms with Crippen LogP contribution < -0.4 is 21.5 Å². The van der Waals surface area contributed by atoms with Crippen LogP contribution in [0.15, 0.2) is 79.3 Å². The van der Waals surface area contributed by atoms with Crippen LogP contribution in [0.2, 0.25) is 0 Å². The van der Waals surface area contributed by atoms with E-state index in [-0.39, 0.29) is 23.6 Å². The fourth-order valence-corrected chi connectivity index (χ4v) is 3.69. The van der Waals surface area contributed by atoms with E-state index in [0.717, 1.165) is 5.56 Å². The van der Waals surface area contributed by atoms with Crippen molar-refractivity contribution in [3.8, 4) is 0 Å². The molecule has 0 aliphatic carbocycles. The number of hydrogen-bond donors (Lipinski definition) is 4. The van der Waals surface area contributed by atoms with Crippen LogP contribution in [0.1, 0.15) is 46.7 Å². The van der Waals surface area contributed by atoms with E-state index >= 15 is 0 Å². The highest BCUT2D eigenvalue weighted by atomic mass is 16.2. The lowest BCUT2D eigenvalue weighted by atomic mass is 10.0. The van der Waals surface area contributed by atoms with E-state index in [0.29, 0.717) is 30.9 Å². The van der Waals surface area contributed by atoms with Gasteiger partial charge < -0.3 is 10.6 Å². The first kappa shape index (κ1) is 26.5. The summed E-state index contributed by atoms with van der Waals surface area (Å²) >= 11 is 0. The Morgan fingerprint density at radius 1 is 0.861 bits per heavy atom. The van der Waals surface area contributed by atoms with Gasteiger partial charge in [-0.05, 0) is 30.0 Å². The molecule has 1 heterocycles. The lowest BCUT2D eigenvalue weighted by Crippen LogP contribution is -2.54. The van der Waals surface area contributed by atoms with E-state index in [9.17, 15) is 14.4 Å². The highest BCUT2D eigenvalue weighted by Crippen LogP contribution is 2.08. The van der Waals surface area contributed by atoms with Crippen molar-refractivity contribution in [3.05, 3.63) is 96.1 Å². The van der Waals surface area contributed by atoms with E-state index in [2.05, 4.69) is 45.3 Å². The molecule has 0 spiro atoms. The van der Waals surface area contributed by atoms with Crippen molar-refractivity contribution in [2.75, 3.05) is 6.54 Å². The van der Waals surface area contributed by atoms with Gasteiger partial charge in [-0.3, -0.25) is 24.8 Å². The van der Waals surface area contributed by atoms with Crippen molar-refractivity contribution in [1.82, 2.24) is 31.5 Å². The normalized spacial score (nSPS) is 12.4. The summed E-state index contributed by atoms with van der Waals surface area (Å²) in [5, 5.41) is 5.83. The molecule has 0 fully saturated rings. The molecule has 3 aromatic rings. The molecule has 9 nitrogen and oxygen atoms in total. The monoisotopic (exact) mass is 488 g/mol. The van der Waals surface area contributed by atoms with Gasteiger partial charge >= 0.3 is 0 Å². The molecule has 3 amide bonds. The molecule has 2 aromatic carbocycles. The Kier molecular flexibility index (Phi) is 10.1. The molecule has 36 heavy (non-hydrogen) atoms. The first-order chi connectivity index (χ1) is 17.4. The summed E-state index contributed by atoms with van der Waals surface area (Å²) in [4.78, 5) is 46.4. The van der Waals surface area contributed by atoms with Crippen molar-refractivity contribution in [3.63, 3.8) is 0 Å². The summed E-state index contributed by atoms with van der Waals surface area (Å²) in [7, 11) is 0. The van der Waals surface area contributed by atoms with Gasteiger partial charge in [-0.1, -0.05) is 62.4 Å². The molecule has 0 unspecified atom stereocenters. The van der Waals surface area contributed by atoms with Gasteiger partial charge in [0.2, 0.25) is 5.91 Å². The first-order valence-electron chi connectivity index (χ1n) is 11.9. The number of nitrogens with zero attached hydrogens (tertiary/aromatic N) is 2. The predicted molar refractivity (Wildman–Crippen MR) is 137 cm³/mol. The molecular formula is C27H32N6O3. The van der Waals surface area contributed by atoms with Crippen molar-refractivity contribution in [1.29, 1.82) is 0 Å². The third kappa shape index (κ3) is 8.59. The fourth-order valence-electron chi connectivity index (χ4n) is 3.69. The number of amides is 3. The zero-order chi connectivity index (χ0) is 25.8. The number of nitrogens with one attached hydrogen (secondary N) is 4. The topological polar surface area (TPSA) is 125 Å². The molecule has 4 N–H and O–H groups in total. The van der Waals surface area contributed by atoms with Crippen molar-refractivity contribution in [2.45, 2.75) is 38.8 Å². The van der Waals surface area contributed by atoms with Gasteiger partial charge in [-0.2, -0.15) is 0 Å². The number of carbonyl (C=O) groups excluding carboxylic acids is 3. The molecule has 0 saturated heterocycles. The predicted octanol–water partition coefficient (Wildman–Crippen LogP) is 2.28. The third-order valence-corrected chi connectivity index (χ3v) is 5.39. The molecule has 0 saturated carbocycles. The third-order valence-electron chi connectivity index (χ3n) is 5.39. The minimum atomic E-state index is -0.824. The number of hydrogen-bond acceptors (Lipinski definition) is 6. The molecule has 0 aliphatic rings. The molecular weight excluding hydrogens is 456 g/mol. The smallest absolute Gasteiger partial charge is 0.272 e. The Hall–Kier alpha value is -4.11. The lowest BCUT2D eigenvalue weighted by Gasteiger charge is -2.25. The maximum atomic E-state index is 13.3. The number of benzene rings is 2. The second-order valence-corrected chi connectivity index (χ2v) is 8.84. The number of hydrazine groups is 1. The van der Waals surface area contributed by atoms with Gasteiger partial charge in [-0.25, -0.2) is 10.4 Å². The van der Waals surface area contributed by atoms with Crippen LogP contribution >= 0.6 is 0 Å². The van der Waals surface area contributed by atoms with E-state index in [4.69, 9.17) is 0 Å². The van der Waals surface area contributed by atoms with E-state index < -0.39 is 11.9 Å². The van der Waals surface area contributed by atoms with Gasteiger partial charge in [0.1, 0.15) is 11.7 Å². The summed E-state index contributed by atoms with van der Waals surface area (Å²) in [6, 6.07) is 17.2. The number of aromatic nitrogens is 2. The van der Waals surface area contributed by atoms with Gasteiger partial charge in [0, 0.05) is 37.0 Å². The Bertz CT molecular complexity index is 1110. The van der Waals surface area contributed by atoms with Crippen LogP contribution in [0.5, 0.6) is 0 Å². The average Bonchev–Trinajstić information content (AvgIpc) is 2.89. The molecule has 0 radical (unpaired) electrons. The number of carbonyl (C=O) groups is 3. The van der Waals surface area contributed by atoms with Crippen molar-refractivity contribution >= 4 is 17.7 Å². The van der Waals surface area contributed by atoms with E-state index in [1.54, 1.807) is 24.3 Å². The Balaban J connectivity index is 1.66. The molecule has 2 atom stereocenters. The Morgan fingerprint density at radius 3 is 2.19 bits per heavy atom. The summed E-state index contributed by atoms with van der Waals surface area (Å²) in [6.07, 6.45) is 5.25. The highest BCUT2D eigenvalue weighted by molar-refractivity contribution is 5.96. The van der Waals surface area contributed by atoms with Crippen molar-refractivity contribution < 1.29 is 14.4 Å².